The number of amides is 1. The minimum absolute atomic E-state index is 0.0322. The molecule has 6 nitrogen and oxygen atoms in total. The number of hydrogen-bond acceptors (Lipinski definition) is 6. The zero-order valence-electron chi connectivity index (χ0n) is 16.8. The quantitative estimate of drug-likeness (QED) is 0.383. The number of halogens is 1. The number of benzene rings is 1. The van der Waals surface area contributed by atoms with Crippen LogP contribution < -0.4 is 10.2 Å². The summed E-state index contributed by atoms with van der Waals surface area (Å²) in [5, 5.41) is 3.95. The van der Waals surface area contributed by atoms with E-state index < -0.39 is 0 Å². The maximum Gasteiger partial charge on any atom is 0.230 e. The average Bonchev–Trinajstić information content (AvgIpc) is 3.57. The number of piperazine rings is 1. The number of thioether (sulfide) groups is 1. The summed E-state index contributed by atoms with van der Waals surface area (Å²) in [7, 11) is 0. The molecule has 0 atom stereocenters. The van der Waals surface area contributed by atoms with Crippen LogP contribution in [0, 0.1) is 0 Å². The normalized spacial score (nSPS) is 17.4. The third kappa shape index (κ3) is 6.45. The van der Waals surface area contributed by atoms with Gasteiger partial charge in [0.25, 0.3) is 0 Å². The fourth-order valence-electron chi connectivity index (χ4n) is 3.30. The highest BCUT2D eigenvalue weighted by atomic mass is 35.5. The van der Waals surface area contributed by atoms with Crippen molar-refractivity contribution in [3.8, 4) is 0 Å². The molecule has 0 bridgehead atoms. The lowest BCUT2D eigenvalue weighted by Crippen LogP contribution is -2.46. The van der Waals surface area contributed by atoms with E-state index in [-0.39, 0.29) is 5.91 Å². The van der Waals surface area contributed by atoms with Crippen molar-refractivity contribution in [3.63, 3.8) is 0 Å². The smallest absolute Gasteiger partial charge is 0.230 e. The van der Waals surface area contributed by atoms with Crippen molar-refractivity contribution in [2.45, 2.75) is 24.0 Å². The Morgan fingerprint density at radius 3 is 2.67 bits per heavy atom. The summed E-state index contributed by atoms with van der Waals surface area (Å²) in [6, 6.07) is 12.5. The second kappa shape index (κ2) is 10.3. The van der Waals surface area contributed by atoms with Gasteiger partial charge < -0.3 is 10.2 Å². The molecule has 1 aliphatic heterocycles. The summed E-state index contributed by atoms with van der Waals surface area (Å²) in [5.41, 5.74) is 1.22. The summed E-state index contributed by atoms with van der Waals surface area (Å²) in [5.74, 6) is 1.18. The zero-order valence-corrected chi connectivity index (χ0v) is 18.4. The third-order valence-corrected chi connectivity index (χ3v) is 6.15. The van der Waals surface area contributed by atoms with E-state index in [4.69, 9.17) is 11.6 Å². The Balaban J connectivity index is 1.26. The van der Waals surface area contributed by atoms with Gasteiger partial charge in [0.05, 0.1) is 5.75 Å². The first kappa shape index (κ1) is 21.2. The van der Waals surface area contributed by atoms with Gasteiger partial charge in [-0.2, -0.15) is 0 Å². The van der Waals surface area contributed by atoms with Crippen LogP contribution in [-0.4, -0.2) is 65.3 Å². The first-order valence-electron chi connectivity index (χ1n) is 10.3. The summed E-state index contributed by atoms with van der Waals surface area (Å²) in [4.78, 5) is 25.5. The zero-order chi connectivity index (χ0) is 20.8. The number of aromatic nitrogens is 2. The van der Waals surface area contributed by atoms with E-state index in [1.165, 1.54) is 17.3 Å². The minimum Gasteiger partial charge on any atom is -0.354 e. The van der Waals surface area contributed by atoms with Gasteiger partial charge in [0, 0.05) is 44.8 Å². The van der Waals surface area contributed by atoms with E-state index in [0.29, 0.717) is 22.1 Å². The summed E-state index contributed by atoms with van der Waals surface area (Å²) in [6.45, 7) is 4.64. The van der Waals surface area contributed by atoms with Crippen LogP contribution >= 0.6 is 23.4 Å². The van der Waals surface area contributed by atoms with Crippen molar-refractivity contribution < 1.29 is 4.79 Å². The molecule has 2 heterocycles. The standard InChI is InChI=1S/C22H26ClN5OS/c23-19-15-20(26-22(25-19)30-16-21(29)24-18-8-9-18)28-13-11-27(12-14-28)10-4-7-17-5-2-1-3-6-17/h1-7,15,18H,8-14,16H2,(H,24,29). The molecule has 1 N–H and O–H groups in total. The van der Waals surface area contributed by atoms with E-state index in [1.54, 1.807) is 6.07 Å². The summed E-state index contributed by atoms with van der Waals surface area (Å²) < 4.78 is 0. The molecule has 4 rings (SSSR count). The van der Waals surface area contributed by atoms with Crippen molar-refractivity contribution in [1.29, 1.82) is 0 Å². The number of carbonyl (C=O) groups excluding carboxylic acids is 1. The molecule has 0 spiro atoms. The van der Waals surface area contributed by atoms with E-state index in [1.807, 2.05) is 6.07 Å². The van der Waals surface area contributed by atoms with E-state index in [9.17, 15) is 4.79 Å². The predicted molar refractivity (Wildman–Crippen MR) is 123 cm³/mol. The number of hydrogen-bond donors (Lipinski definition) is 1. The van der Waals surface area contributed by atoms with Gasteiger partial charge in [-0.3, -0.25) is 9.69 Å². The van der Waals surface area contributed by atoms with Gasteiger partial charge in [-0.1, -0.05) is 65.8 Å². The highest BCUT2D eigenvalue weighted by Crippen LogP contribution is 2.23. The van der Waals surface area contributed by atoms with Gasteiger partial charge in [0.2, 0.25) is 5.91 Å². The largest absolute Gasteiger partial charge is 0.354 e. The van der Waals surface area contributed by atoms with E-state index in [0.717, 1.165) is 51.4 Å². The molecule has 2 aliphatic rings. The first-order chi connectivity index (χ1) is 14.7. The molecular weight excluding hydrogens is 418 g/mol. The second-order valence-corrected chi connectivity index (χ2v) is 8.89. The monoisotopic (exact) mass is 443 g/mol. The molecule has 2 fully saturated rings. The molecule has 2 aromatic rings. The average molecular weight is 444 g/mol. The van der Waals surface area contributed by atoms with E-state index in [2.05, 4.69) is 61.5 Å². The van der Waals surface area contributed by atoms with Crippen molar-refractivity contribution in [1.82, 2.24) is 20.2 Å². The molecule has 0 radical (unpaired) electrons. The maximum atomic E-state index is 11.9. The number of nitrogens with one attached hydrogen (secondary N) is 1. The maximum absolute atomic E-state index is 11.9. The lowest BCUT2D eigenvalue weighted by atomic mass is 10.2. The molecule has 1 saturated heterocycles. The van der Waals surface area contributed by atoms with Crippen molar-refractivity contribution in [2.75, 3.05) is 43.4 Å². The van der Waals surface area contributed by atoms with E-state index >= 15 is 0 Å². The van der Waals surface area contributed by atoms with Gasteiger partial charge >= 0.3 is 0 Å². The molecule has 1 amide bonds. The number of anilines is 1. The summed E-state index contributed by atoms with van der Waals surface area (Å²) in [6.07, 6.45) is 6.55. The molecule has 8 heteroatoms. The Kier molecular flexibility index (Phi) is 7.25. The molecule has 30 heavy (non-hydrogen) atoms. The van der Waals surface area contributed by atoms with Crippen molar-refractivity contribution >= 4 is 41.2 Å². The van der Waals surface area contributed by atoms with Gasteiger partial charge in [-0.15, -0.1) is 0 Å². The van der Waals surface area contributed by atoms with Gasteiger partial charge in [0.1, 0.15) is 11.0 Å². The molecule has 158 valence electrons. The minimum atomic E-state index is 0.0322. The highest BCUT2D eigenvalue weighted by molar-refractivity contribution is 7.99. The number of nitrogens with zero attached hydrogens (tertiary/aromatic N) is 4. The molecule has 1 aromatic heterocycles. The van der Waals surface area contributed by atoms with Crippen LogP contribution in [0.2, 0.25) is 5.15 Å². The van der Waals surface area contributed by atoms with Crippen LogP contribution in [0.25, 0.3) is 6.08 Å². The molecule has 1 aliphatic carbocycles. The highest BCUT2D eigenvalue weighted by Gasteiger charge is 2.23. The summed E-state index contributed by atoms with van der Waals surface area (Å²) >= 11 is 7.56. The Labute approximate surface area is 186 Å². The fourth-order valence-corrected chi connectivity index (χ4v) is 4.19. The van der Waals surface area contributed by atoms with Crippen molar-refractivity contribution in [2.24, 2.45) is 0 Å². The van der Waals surface area contributed by atoms with Crippen LogP contribution in [0.1, 0.15) is 18.4 Å². The van der Waals surface area contributed by atoms with Crippen molar-refractivity contribution in [3.05, 3.63) is 53.2 Å². The Bertz CT molecular complexity index is 882. The lowest BCUT2D eigenvalue weighted by Gasteiger charge is -2.35. The molecule has 1 aromatic carbocycles. The Morgan fingerprint density at radius 1 is 1.17 bits per heavy atom. The van der Waals surface area contributed by atoms with Gasteiger partial charge in [0.15, 0.2) is 5.16 Å². The van der Waals surface area contributed by atoms with Gasteiger partial charge in [-0.25, -0.2) is 9.97 Å². The van der Waals surface area contributed by atoms with Crippen LogP contribution in [-0.2, 0) is 4.79 Å². The van der Waals surface area contributed by atoms with Crippen LogP contribution in [0.4, 0.5) is 5.82 Å². The van der Waals surface area contributed by atoms with Crippen LogP contribution in [0.3, 0.4) is 0 Å². The lowest BCUT2D eigenvalue weighted by molar-refractivity contribution is -0.118. The topological polar surface area (TPSA) is 61.4 Å². The second-order valence-electron chi connectivity index (χ2n) is 7.56. The molecular formula is C22H26ClN5OS. The third-order valence-electron chi connectivity index (χ3n) is 5.11. The molecule has 0 unspecified atom stereocenters. The Morgan fingerprint density at radius 2 is 1.93 bits per heavy atom. The fraction of sp³-hybridized carbons (Fsp3) is 0.409. The Hall–Kier alpha value is -2.09. The number of rotatable bonds is 8. The van der Waals surface area contributed by atoms with Crippen LogP contribution in [0.5, 0.6) is 0 Å². The van der Waals surface area contributed by atoms with Crippen LogP contribution in [0.15, 0.2) is 47.6 Å². The molecule has 1 saturated carbocycles. The number of carbonyl (C=O) groups is 1. The van der Waals surface area contributed by atoms with Gasteiger partial charge in [-0.05, 0) is 18.4 Å². The first-order valence-corrected chi connectivity index (χ1v) is 11.7. The predicted octanol–water partition coefficient (Wildman–Crippen LogP) is 3.34. The SMILES string of the molecule is O=C(CSc1nc(Cl)cc(N2CCN(CC=Cc3ccccc3)CC2)n1)NC1CC1.